The van der Waals surface area contributed by atoms with Crippen molar-refractivity contribution in [1.29, 1.82) is 0 Å². The van der Waals surface area contributed by atoms with Gasteiger partial charge < -0.3 is 10.1 Å². The maximum atomic E-state index is 12.7. The summed E-state index contributed by atoms with van der Waals surface area (Å²) in [6.07, 6.45) is -1.76. The molecule has 0 amide bonds. The quantitative estimate of drug-likeness (QED) is 0.917. The van der Waals surface area contributed by atoms with Crippen LogP contribution in [-0.2, 0) is 4.74 Å². The number of fused-ring (bicyclic) bond motifs is 1. The van der Waals surface area contributed by atoms with E-state index in [0.29, 0.717) is 18.1 Å². The molecule has 3 rings (SSSR count). The van der Waals surface area contributed by atoms with Gasteiger partial charge in [-0.15, -0.1) is 15.3 Å². The highest BCUT2D eigenvalue weighted by atomic mass is 19.3. The van der Waals surface area contributed by atoms with Gasteiger partial charge in [0.1, 0.15) is 5.82 Å². The number of ether oxygens (including phenoxy) is 1. The Hall–Kier alpha value is -1.83. The summed E-state index contributed by atoms with van der Waals surface area (Å²) >= 11 is 0. The third kappa shape index (κ3) is 2.23. The van der Waals surface area contributed by atoms with E-state index >= 15 is 0 Å². The smallest absolute Gasteiger partial charge is 0.299 e. The maximum Gasteiger partial charge on any atom is 0.299 e. The Bertz CT molecular complexity index is 587. The molecule has 2 aromatic rings. The molecule has 0 aliphatic carbocycles. The molecule has 3 heterocycles. The topological polar surface area (TPSA) is 64.3 Å². The number of aromatic nitrogens is 4. The summed E-state index contributed by atoms with van der Waals surface area (Å²) in [7, 11) is 0. The molecule has 6 nitrogen and oxygen atoms in total. The summed E-state index contributed by atoms with van der Waals surface area (Å²) in [6, 6.07) is 3.44. The molecule has 1 aliphatic rings. The minimum atomic E-state index is -2.70. The van der Waals surface area contributed by atoms with Gasteiger partial charge in [0, 0.05) is 6.61 Å². The SMILES string of the molecule is CC1OCCC1Nc1ccc2nnc(C(F)F)n2n1. The first-order chi connectivity index (χ1) is 9.15. The number of rotatable bonds is 3. The molecular formula is C11H13F2N5O. The van der Waals surface area contributed by atoms with Crippen molar-refractivity contribution in [2.24, 2.45) is 0 Å². The first-order valence-corrected chi connectivity index (χ1v) is 6.04. The van der Waals surface area contributed by atoms with E-state index < -0.39 is 12.2 Å². The second-order valence-corrected chi connectivity index (χ2v) is 4.46. The lowest BCUT2D eigenvalue weighted by atomic mass is 10.1. The van der Waals surface area contributed by atoms with E-state index in [0.717, 1.165) is 10.9 Å². The van der Waals surface area contributed by atoms with E-state index in [9.17, 15) is 8.78 Å². The van der Waals surface area contributed by atoms with Crippen molar-refractivity contribution in [3.63, 3.8) is 0 Å². The van der Waals surface area contributed by atoms with Gasteiger partial charge in [0.2, 0.25) is 5.82 Å². The van der Waals surface area contributed by atoms with Crippen LogP contribution in [0, 0.1) is 0 Å². The molecule has 102 valence electrons. The fourth-order valence-electron chi connectivity index (χ4n) is 2.13. The molecule has 0 spiro atoms. The van der Waals surface area contributed by atoms with Crippen LogP contribution in [-0.4, -0.2) is 38.6 Å². The van der Waals surface area contributed by atoms with E-state index in [-0.39, 0.29) is 12.1 Å². The number of hydrogen-bond acceptors (Lipinski definition) is 5. The molecule has 1 N–H and O–H groups in total. The van der Waals surface area contributed by atoms with Crippen molar-refractivity contribution < 1.29 is 13.5 Å². The van der Waals surface area contributed by atoms with Crippen molar-refractivity contribution in [1.82, 2.24) is 19.8 Å². The van der Waals surface area contributed by atoms with Crippen LogP contribution in [0.1, 0.15) is 25.6 Å². The van der Waals surface area contributed by atoms with Crippen molar-refractivity contribution in [2.45, 2.75) is 31.9 Å². The second kappa shape index (κ2) is 4.69. The molecular weight excluding hydrogens is 256 g/mol. The summed E-state index contributed by atoms with van der Waals surface area (Å²) < 4.78 is 31.9. The molecule has 2 aromatic heterocycles. The Balaban J connectivity index is 1.90. The lowest BCUT2D eigenvalue weighted by molar-refractivity contribution is 0.121. The summed E-state index contributed by atoms with van der Waals surface area (Å²) in [5.74, 6) is 0.0610. The Morgan fingerprint density at radius 3 is 2.95 bits per heavy atom. The molecule has 2 atom stereocenters. The van der Waals surface area contributed by atoms with Crippen LogP contribution in [0.4, 0.5) is 14.6 Å². The van der Waals surface area contributed by atoms with E-state index in [1.54, 1.807) is 12.1 Å². The van der Waals surface area contributed by atoms with Crippen molar-refractivity contribution in [2.75, 3.05) is 11.9 Å². The zero-order valence-corrected chi connectivity index (χ0v) is 10.3. The van der Waals surface area contributed by atoms with E-state index in [4.69, 9.17) is 4.74 Å². The highest BCUT2D eigenvalue weighted by Crippen LogP contribution is 2.20. The highest BCUT2D eigenvalue weighted by molar-refractivity contribution is 5.44. The van der Waals surface area contributed by atoms with Gasteiger partial charge in [0.25, 0.3) is 6.43 Å². The maximum absolute atomic E-state index is 12.7. The van der Waals surface area contributed by atoms with Crippen molar-refractivity contribution in [3.8, 4) is 0 Å². The predicted octanol–water partition coefficient (Wildman–Crippen LogP) is 1.65. The van der Waals surface area contributed by atoms with Crippen molar-refractivity contribution in [3.05, 3.63) is 18.0 Å². The number of nitrogens with one attached hydrogen (secondary N) is 1. The molecule has 1 aliphatic heterocycles. The Morgan fingerprint density at radius 2 is 2.26 bits per heavy atom. The van der Waals surface area contributed by atoms with Crippen LogP contribution in [0.5, 0.6) is 0 Å². The average Bonchev–Trinajstić information content (AvgIpc) is 2.96. The Kier molecular flexibility index (Phi) is 3.02. The molecule has 8 heteroatoms. The fraction of sp³-hybridized carbons (Fsp3) is 0.545. The summed E-state index contributed by atoms with van der Waals surface area (Å²) in [5, 5.41) is 14.4. The van der Waals surface area contributed by atoms with Gasteiger partial charge in [-0.3, -0.25) is 0 Å². The van der Waals surface area contributed by atoms with Gasteiger partial charge in [-0.1, -0.05) is 0 Å². The van der Waals surface area contributed by atoms with Crippen LogP contribution < -0.4 is 5.32 Å². The number of anilines is 1. The van der Waals surface area contributed by atoms with Gasteiger partial charge in [-0.25, -0.2) is 8.78 Å². The van der Waals surface area contributed by atoms with Crippen molar-refractivity contribution >= 4 is 11.5 Å². The average molecular weight is 269 g/mol. The first kappa shape index (κ1) is 12.2. The Labute approximate surface area is 107 Å². The molecule has 19 heavy (non-hydrogen) atoms. The van der Waals surface area contributed by atoms with Gasteiger partial charge >= 0.3 is 0 Å². The predicted molar refractivity (Wildman–Crippen MR) is 63.2 cm³/mol. The van der Waals surface area contributed by atoms with Gasteiger partial charge in [0.05, 0.1) is 12.1 Å². The minimum absolute atomic E-state index is 0.0768. The van der Waals surface area contributed by atoms with Crippen LogP contribution in [0.25, 0.3) is 5.65 Å². The Morgan fingerprint density at radius 1 is 1.42 bits per heavy atom. The number of nitrogens with zero attached hydrogens (tertiary/aromatic N) is 4. The van der Waals surface area contributed by atoms with E-state index in [2.05, 4.69) is 20.6 Å². The zero-order valence-electron chi connectivity index (χ0n) is 10.3. The zero-order chi connectivity index (χ0) is 13.4. The van der Waals surface area contributed by atoms with Crippen LogP contribution >= 0.6 is 0 Å². The molecule has 1 fully saturated rings. The van der Waals surface area contributed by atoms with Gasteiger partial charge in [-0.05, 0) is 25.5 Å². The standard InChI is InChI=1S/C11H13F2N5O/c1-6-7(4-5-19-6)14-8-2-3-9-15-16-11(10(12)13)18(9)17-8/h2-3,6-7,10H,4-5H2,1H3,(H,14,17). The monoisotopic (exact) mass is 269 g/mol. The summed E-state index contributed by atoms with van der Waals surface area (Å²) in [4.78, 5) is 0. The molecule has 1 saturated heterocycles. The minimum Gasteiger partial charge on any atom is -0.376 e. The van der Waals surface area contributed by atoms with Crippen LogP contribution in [0.3, 0.4) is 0 Å². The number of alkyl halides is 2. The third-order valence-corrected chi connectivity index (χ3v) is 3.19. The fourth-order valence-corrected chi connectivity index (χ4v) is 2.13. The summed E-state index contributed by atoms with van der Waals surface area (Å²) in [5.41, 5.74) is 0.302. The molecule has 0 aromatic carbocycles. The molecule has 0 saturated carbocycles. The first-order valence-electron chi connectivity index (χ1n) is 6.04. The van der Waals surface area contributed by atoms with Crippen LogP contribution in [0.2, 0.25) is 0 Å². The number of halogens is 2. The molecule has 0 bridgehead atoms. The summed E-state index contributed by atoms with van der Waals surface area (Å²) in [6.45, 7) is 2.66. The van der Waals surface area contributed by atoms with E-state index in [1.165, 1.54) is 0 Å². The lowest BCUT2D eigenvalue weighted by Crippen LogP contribution is -2.27. The largest absolute Gasteiger partial charge is 0.376 e. The lowest BCUT2D eigenvalue weighted by Gasteiger charge is -2.16. The molecule has 0 radical (unpaired) electrons. The molecule has 2 unspecified atom stereocenters. The highest BCUT2D eigenvalue weighted by Gasteiger charge is 2.24. The normalized spacial score (nSPS) is 23.4. The third-order valence-electron chi connectivity index (χ3n) is 3.19. The van der Waals surface area contributed by atoms with E-state index in [1.807, 2.05) is 6.92 Å². The second-order valence-electron chi connectivity index (χ2n) is 4.46. The number of hydrogen-bond donors (Lipinski definition) is 1. The van der Waals surface area contributed by atoms with Gasteiger partial charge in [-0.2, -0.15) is 4.52 Å². The van der Waals surface area contributed by atoms with Gasteiger partial charge in [0.15, 0.2) is 5.65 Å². The van der Waals surface area contributed by atoms with Crippen LogP contribution in [0.15, 0.2) is 12.1 Å².